The second kappa shape index (κ2) is 10.7. The van der Waals surface area contributed by atoms with Gasteiger partial charge in [-0.3, -0.25) is 14.5 Å². The van der Waals surface area contributed by atoms with Gasteiger partial charge in [-0.1, -0.05) is 45.2 Å². The van der Waals surface area contributed by atoms with Gasteiger partial charge in [-0.25, -0.2) is 0 Å². The first-order valence-electron chi connectivity index (χ1n) is 11.5. The van der Waals surface area contributed by atoms with Crippen LogP contribution in [0.5, 0.6) is 0 Å². The summed E-state index contributed by atoms with van der Waals surface area (Å²) in [5.41, 5.74) is 1.02. The molecule has 180 valence electrons. The van der Waals surface area contributed by atoms with Gasteiger partial charge in [0.25, 0.3) is 0 Å². The van der Waals surface area contributed by atoms with Crippen molar-refractivity contribution in [3.05, 3.63) is 51.7 Å². The van der Waals surface area contributed by atoms with Gasteiger partial charge in [-0.2, -0.15) is 13.2 Å². The standard InChI is InChI=1S/C25H31F3N2O2S/c1-4-16(2)18-11-13-20(14-12-18)30(24(32)25(26,27)28)22(21-15-10-17(3)33-21)23(31)29-19-8-6-5-7-9-19/h10-16,19,22H,4-9H2,1-3H3,(H,29,31). The Morgan fingerprint density at radius 3 is 2.24 bits per heavy atom. The van der Waals surface area contributed by atoms with Crippen LogP contribution in [-0.4, -0.2) is 24.0 Å². The monoisotopic (exact) mass is 480 g/mol. The number of halogens is 3. The second-order valence-corrected chi connectivity index (χ2v) is 10.1. The first-order valence-corrected chi connectivity index (χ1v) is 12.3. The molecule has 3 rings (SSSR count). The molecule has 1 heterocycles. The highest BCUT2D eigenvalue weighted by molar-refractivity contribution is 7.12. The van der Waals surface area contributed by atoms with Gasteiger partial charge in [0.1, 0.15) is 0 Å². The Hall–Kier alpha value is -2.35. The number of anilines is 1. The lowest BCUT2D eigenvalue weighted by Gasteiger charge is -2.33. The Morgan fingerprint density at radius 1 is 1.09 bits per heavy atom. The third kappa shape index (κ3) is 6.16. The Balaban J connectivity index is 2.04. The molecule has 1 aromatic heterocycles. The summed E-state index contributed by atoms with van der Waals surface area (Å²) in [5, 5.41) is 2.93. The van der Waals surface area contributed by atoms with Crippen molar-refractivity contribution in [3.63, 3.8) is 0 Å². The zero-order valence-electron chi connectivity index (χ0n) is 19.2. The summed E-state index contributed by atoms with van der Waals surface area (Å²) in [5.74, 6) is -2.39. The van der Waals surface area contributed by atoms with Crippen LogP contribution < -0.4 is 10.2 Å². The molecule has 4 nitrogen and oxygen atoms in total. The molecular formula is C25H31F3N2O2S. The number of hydrogen-bond donors (Lipinski definition) is 1. The van der Waals surface area contributed by atoms with E-state index >= 15 is 0 Å². The number of aryl methyl sites for hydroxylation is 1. The van der Waals surface area contributed by atoms with Crippen LogP contribution in [-0.2, 0) is 9.59 Å². The van der Waals surface area contributed by atoms with Crippen molar-refractivity contribution in [2.75, 3.05) is 4.90 Å². The molecule has 2 aromatic rings. The highest BCUT2D eigenvalue weighted by atomic mass is 32.1. The summed E-state index contributed by atoms with van der Waals surface area (Å²) in [6.07, 6.45) is 0.362. The summed E-state index contributed by atoms with van der Waals surface area (Å²) in [6.45, 7) is 5.88. The van der Waals surface area contributed by atoms with E-state index in [4.69, 9.17) is 0 Å². The van der Waals surface area contributed by atoms with Crippen molar-refractivity contribution in [1.82, 2.24) is 5.32 Å². The number of nitrogens with zero attached hydrogens (tertiary/aromatic N) is 1. The van der Waals surface area contributed by atoms with E-state index in [0.29, 0.717) is 9.78 Å². The van der Waals surface area contributed by atoms with Gasteiger partial charge in [0.05, 0.1) is 0 Å². The molecule has 33 heavy (non-hydrogen) atoms. The normalized spacial score (nSPS) is 16.8. The molecule has 2 amide bonds. The molecule has 1 fully saturated rings. The number of benzene rings is 1. The van der Waals surface area contributed by atoms with Crippen molar-refractivity contribution in [2.24, 2.45) is 0 Å². The number of carbonyl (C=O) groups excluding carboxylic acids is 2. The van der Waals surface area contributed by atoms with Gasteiger partial charge in [0.2, 0.25) is 5.91 Å². The number of thiophene rings is 1. The molecule has 2 unspecified atom stereocenters. The fourth-order valence-electron chi connectivity index (χ4n) is 4.22. The van der Waals surface area contributed by atoms with Crippen LogP contribution in [0.15, 0.2) is 36.4 Å². The molecule has 1 aromatic carbocycles. The lowest BCUT2D eigenvalue weighted by atomic mass is 9.95. The predicted molar refractivity (Wildman–Crippen MR) is 126 cm³/mol. The summed E-state index contributed by atoms with van der Waals surface area (Å²) in [6, 6.07) is 8.38. The van der Waals surface area contributed by atoms with Gasteiger partial charge in [0.15, 0.2) is 6.04 Å². The molecular weight excluding hydrogens is 449 g/mol. The maximum Gasteiger partial charge on any atom is 0.471 e. The largest absolute Gasteiger partial charge is 0.471 e. The summed E-state index contributed by atoms with van der Waals surface area (Å²) >= 11 is 1.23. The van der Waals surface area contributed by atoms with Gasteiger partial charge < -0.3 is 5.32 Å². The minimum atomic E-state index is -5.12. The number of rotatable bonds is 7. The van der Waals surface area contributed by atoms with E-state index in [0.717, 1.165) is 49.0 Å². The third-order valence-corrected chi connectivity index (χ3v) is 7.36. The maximum atomic E-state index is 13.7. The van der Waals surface area contributed by atoms with E-state index in [1.807, 2.05) is 20.8 Å². The van der Waals surface area contributed by atoms with Crippen molar-refractivity contribution in [1.29, 1.82) is 0 Å². The number of nitrogens with one attached hydrogen (secondary N) is 1. The van der Waals surface area contributed by atoms with Gasteiger partial charge in [-0.05, 0) is 61.9 Å². The fourth-order valence-corrected chi connectivity index (χ4v) is 5.19. The second-order valence-electron chi connectivity index (χ2n) is 8.77. The Labute approximate surface area is 197 Å². The molecule has 1 N–H and O–H groups in total. The topological polar surface area (TPSA) is 49.4 Å². The van der Waals surface area contributed by atoms with Crippen LogP contribution in [0.4, 0.5) is 18.9 Å². The van der Waals surface area contributed by atoms with E-state index in [2.05, 4.69) is 5.32 Å². The first kappa shape index (κ1) is 25.3. The zero-order valence-corrected chi connectivity index (χ0v) is 20.1. The molecule has 8 heteroatoms. The molecule has 0 aliphatic heterocycles. The molecule has 2 atom stereocenters. The lowest BCUT2D eigenvalue weighted by molar-refractivity contribution is -0.171. The smallest absolute Gasteiger partial charge is 0.351 e. The molecule has 1 aliphatic rings. The average Bonchev–Trinajstić information content (AvgIpc) is 3.22. The van der Waals surface area contributed by atoms with Crippen molar-refractivity contribution >= 4 is 28.8 Å². The van der Waals surface area contributed by atoms with Crippen LogP contribution in [0.1, 0.15) is 79.6 Å². The number of hydrogen-bond acceptors (Lipinski definition) is 3. The fraction of sp³-hybridized carbons (Fsp3) is 0.520. The number of carbonyl (C=O) groups is 2. The van der Waals surface area contributed by atoms with Crippen molar-refractivity contribution in [3.8, 4) is 0 Å². The lowest BCUT2D eigenvalue weighted by Crippen LogP contribution is -2.50. The molecule has 0 spiro atoms. The summed E-state index contributed by atoms with van der Waals surface area (Å²) in [7, 11) is 0. The average molecular weight is 481 g/mol. The first-order chi connectivity index (χ1) is 15.6. The van der Waals surface area contributed by atoms with Crippen LogP contribution in [0.2, 0.25) is 0 Å². The minimum absolute atomic E-state index is 0.0548. The SMILES string of the molecule is CCC(C)c1ccc(N(C(=O)C(F)(F)F)C(C(=O)NC2CCCCC2)c2ccc(C)s2)cc1. The summed E-state index contributed by atoms with van der Waals surface area (Å²) in [4.78, 5) is 28.0. The van der Waals surface area contributed by atoms with E-state index in [1.165, 1.54) is 23.5 Å². The number of amides is 2. The maximum absolute atomic E-state index is 13.7. The Kier molecular flexibility index (Phi) is 8.21. The highest BCUT2D eigenvalue weighted by Gasteiger charge is 2.48. The van der Waals surface area contributed by atoms with Crippen LogP contribution in [0.25, 0.3) is 0 Å². The molecule has 0 saturated heterocycles. The van der Waals surface area contributed by atoms with Gasteiger partial charge in [0, 0.05) is 21.5 Å². The summed E-state index contributed by atoms with van der Waals surface area (Å²) < 4.78 is 41.2. The molecule has 1 saturated carbocycles. The quantitative estimate of drug-likeness (QED) is 0.482. The highest BCUT2D eigenvalue weighted by Crippen LogP contribution is 2.36. The number of alkyl halides is 3. The van der Waals surface area contributed by atoms with Gasteiger partial charge in [-0.15, -0.1) is 11.3 Å². The van der Waals surface area contributed by atoms with E-state index in [-0.39, 0.29) is 17.6 Å². The molecule has 0 radical (unpaired) electrons. The minimum Gasteiger partial charge on any atom is -0.351 e. The van der Waals surface area contributed by atoms with E-state index < -0.39 is 24.0 Å². The van der Waals surface area contributed by atoms with E-state index in [1.54, 1.807) is 24.3 Å². The zero-order chi connectivity index (χ0) is 24.2. The Bertz CT molecular complexity index is 949. The third-order valence-electron chi connectivity index (χ3n) is 6.30. The van der Waals surface area contributed by atoms with Crippen LogP contribution in [0.3, 0.4) is 0 Å². The molecule has 0 bridgehead atoms. The predicted octanol–water partition coefficient (Wildman–Crippen LogP) is 6.66. The van der Waals surface area contributed by atoms with Crippen molar-refractivity contribution in [2.45, 2.75) is 83.5 Å². The van der Waals surface area contributed by atoms with Crippen LogP contribution in [0, 0.1) is 6.92 Å². The van der Waals surface area contributed by atoms with E-state index in [9.17, 15) is 22.8 Å². The van der Waals surface area contributed by atoms with Crippen LogP contribution >= 0.6 is 11.3 Å². The molecule has 1 aliphatic carbocycles. The Morgan fingerprint density at radius 2 is 1.73 bits per heavy atom. The van der Waals surface area contributed by atoms with Gasteiger partial charge >= 0.3 is 12.1 Å². The van der Waals surface area contributed by atoms with Crippen molar-refractivity contribution < 1.29 is 22.8 Å².